The van der Waals surface area contributed by atoms with Crippen LogP contribution in [0.5, 0.6) is 0 Å². The molecular weight excluding hydrogens is 230 g/mol. The van der Waals surface area contributed by atoms with Crippen molar-refractivity contribution in [2.24, 2.45) is 0 Å². The Labute approximate surface area is 106 Å². The fraction of sp³-hybridized carbons (Fsp3) is 0.385. The van der Waals surface area contributed by atoms with E-state index in [-0.39, 0.29) is 0 Å². The molecule has 0 saturated heterocycles. The molecule has 0 aliphatic carbocycles. The predicted octanol–water partition coefficient (Wildman–Crippen LogP) is 3.30. The van der Waals surface area contributed by atoms with Crippen LogP contribution >= 0.6 is 11.3 Å². The van der Waals surface area contributed by atoms with E-state index in [1.54, 1.807) is 11.3 Å². The van der Waals surface area contributed by atoms with Gasteiger partial charge in [0.2, 0.25) is 0 Å². The highest BCUT2D eigenvalue weighted by molar-refractivity contribution is 7.15. The van der Waals surface area contributed by atoms with Crippen LogP contribution in [-0.2, 0) is 12.8 Å². The first kappa shape index (κ1) is 12.0. The number of aryl methyl sites for hydroxylation is 2. The minimum Gasteiger partial charge on any atom is -0.384 e. The fourth-order valence-corrected chi connectivity index (χ4v) is 2.58. The molecule has 3 nitrogen and oxygen atoms in total. The number of thiophene rings is 1. The van der Waals surface area contributed by atoms with Gasteiger partial charge in [0.1, 0.15) is 5.82 Å². The highest BCUT2D eigenvalue weighted by Crippen LogP contribution is 2.26. The van der Waals surface area contributed by atoms with Gasteiger partial charge in [-0.25, -0.2) is 9.97 Å². The van der Waals surface area contributed by atoms with E-state index in [0.717, 1.165) is 35.7 Å². The SMILES string of the molecule is CCCc1cc(N)nc(-c2ccc(CC)s2)n1. The van der Waals surface area contributed by atoms with Crippen LogP contribution in [0.1, 0.15) is 30.8 Å². The van der Waals surface area contributed by atoms with E-state index in [1.165, 1.54) is 4.88 Å². The second kappa shape index (κ2) is 5.27. The molecule has 0 bridgehead atoms. The molecular formula is C13H17N3S. The Morgan fingerprint density at radius 3 is 2.71 bits per heavy atom. The quantitative estimate of drug-likeness (QED) is 0.901. The van der Waals surface area contributed by atoms with Crippen molar-refractivity contribution in [3.05, 3.63) is 28.8 Å². The van der Waals surface area contributed by atoms with Gasteiger partial charge in [-0.15, -0.1) is 11.3 Å². The average Bonchev–Trinajstić information content (AvgIpc) is 2.77. The molecule has 2 aromatic heterocycles. The van der Waals surface area contributed by atoms with E-state index < -0.39 is 0 Å². The normalized spacial score (nSPS) is 10.7. The Bertz CT molecular complexity index is 505. The first-order valence-corrected chi connectivity index (χ1v) is 6.77. The first-order valence-electron chi connectivity index (χ1n) is 5.95. The molecule has 2 rings (SSSR count). The Hall–Kier alpha value is -1.42. The summed E-state index contributed by atoms with van der Waals surface area (Å²) in [4.78, 5) is 11.3. The number of anilines is 1. The third kappa shape index (κ3) is 2.82. The van der Waals surface area contributed by atoms with E-state index >= 15 is 0 Å². The molecule has 0 unspecified atom stereocenters. The summed E-state index contributed by atoms with van der Waals surface area (Å²) in [6.07, 6.45) is 3.07. The van der Waals surface area contributed by atoms with Crippen LogP contribution in [0.3, 0.4) is 0 Å². The van der Waals surface area contributed by atoms with Crippen LogP contribution in [0.25, 0.3) is 10.7 Å². The molecule has 4 heteroatoms. The lowest BCUT2D eigenvalue weighted by Gasteiger charge is -2.03. The van der Waals surface area contributed by atoms with E-state index in [1.807, 2.05) is 6.07 Å². The lowest BCUT2D eigenvalue weighted by molar-refractivity contribution is 0.877. The minimum atomic E-state index is 0.560. The smallest absolute Gasteiger partial charge is 0.171 e. The molecule has 2 aromatic rings. The summed E-state index contributed by atoms with van der Waals surface area (Å²) < 4.78 is 0. The molecule has 2 heterocycles. The topological polar surface area (TPSA) is 51.8 Å². The molecule has 90 valence electrons. The van der Waals surface area contributed by atoms with Gasteiger partial charge in [0, 0.05) is 16.6 Å². The Morgan fingerprint density at radius 2 is 2.06 bits per heavy atom. The van der Waals surface area contributed by atoms with Gasteiger partial charge in [-0.3, -0.25) is 0 Å². The van der Waals surface area contributed by atoms with Crippen LogP contribution in [-0.4, -0.2) is 9.97 Å². The van der Waals surface area contributed by atoms with E-state index in [9.17, 15) is 0 Å². The van der Waals surface area contributed by atoms with Crippen LogP contribution < -0.4 is 5.73 Å². The summed E-state index contributed by atoms with van der Waals surface area (Å²) in [5, 5.41) is 0. The van der Waals surface area contributed by atoms with Crippen molar-refractivity contribution >= 4 is 17.2 Å². The maximum absolute atomic E-state index is 5.82. The summed E-state index contributed by atoms with van der Waals surface area (Å²) in [7, 11) is 0. The van der Waals surface area contributed by atoms with Crippen molar-refractivity contribution in [2.75, 3.05) is 5.73 Å². The Balaban J connectivity index is 2.37. The molecule has 0 spiro atoms. The molecule has 2 N–H and O–H groups in total. The summed E-state index contributed by atoms with van der Waals surface area (Å²) >= 11 is 1.74. The molecule has 0 aromatic carbocycles. The van der Waals surface area contributed by atoms with Gasteiger partial charge in [0.25, 0.3) is 0 Å². The second-order valence-corrected chi connectivity index (χ2v) is 5.15. The number of nitrogen functional groups attached to an aromatic ring is 1. The zero-order valence-electron chi connectivity index (χ0n) is 10.2. The number of rotatable bonds is 4. The summed E-state index contributed by atoms with van der Waals surface area (Å²) in [6, 6.07) is 6.07. The van der Waals surface area contributed by atoms with Crippen molar-refractivity contribution in [3.63, 3.8) is 0 Å². The molecule has 0 radical (unpaired) electrons. The van der Waals surface area contributed by atoms with Crippen molar-refractivity contribution in [3.8, 4) is 10.7 Å². The van der Waals surface area contributed by atoms with Crippen LogP contribution in [0, 0.1) is 0 Å². The summed E-state index contributed by atoms with van der Waals surface area (Å²) in [6.45, 7) is 4.29. The Kier molecular flexibility index (Phi) is 3.74. The maximum Gasteiger partial charge on any atom is 0.171 e. The monoisotopic (exact) mass is 247 g/mol. The van der Waals surface area contributed by atoms with E-state index in [4.69, 9.17) is 5.73 Å². The number of hydrogen-bond donors (Lipinski definition) is 1. The predicted molar refractivity (Wildman–Crippen MR) is 73.1 cm³/mol. The van der Waals surface area contributed by atoms with Gasteiger partial charge < -0.3 is 5.73 Å². The van der Waals surface area contributed by atoms with Gasteiger partial charge in [-0.05, 0) is 25.0 Å². The zero-order valence-corrected chi connectivity index (χ0v) is 11.0. The van der Waals surface area contributed by atoms with E-state index in [2.05, 4.69) is 35.9 Å². The molecule has 0 amide bonds. The van der Waals surface area contributed by atoms with Gasteiger partial charge in [-0.1, -0.05) is 20.3 Å². The number of nitrogens with zero attached hydrogens (tertiary/aromatic N) is 2. The van der Waals surface area contributed by atoms with Gasteiger partial charge in [0.15, 0.2) is 5.82 Å². The summed E-state index contributed by atoms with van der Waals surface area (Å²) in [5.41, 5.74) is 6.85. The van der Waals surface area contributed by atoms with Gasteiger partial charge in [-0.2, -0.15) is 0 Å². The lowest BCUT2D eigenvalue weighted by atomic mass is 10.2. The maximum atomic E-state index is 5.82. The first-order chi connectivity index (χ1) is 8.22. The number of hydrogen-bond acceptors (Lipinski definition) is 4. The van der Waals surface area contributed by atoms with E-state index in [0.29, 0.717) is 5.82 Å². The standard InChI is InChI=1S/C13H17N3S/c1-3-5-9-8-12(14)16-13(15-9)11-7-6-10(4-2)17-11/h6-8H,3-5H2,1-2H3,(H2,14,15,16). The molecule has 0 saturated carbocycles. The van der Waals surface area contributed by atoms with Crippen LogP contribution in [0.15, 0.2) is 18.2 Å². The molecule has 0 atom stereocenters. The highest BCUT2D eigenvalue weighted by Gasteiger charge is 2.07. The van der Waals surface area contributed by atoms with Crippen molar-refractivity contribution in [1.82, 2.24) is 9.97 Å². The lowest BCUT2D eigenvalue weighted by Crippen LogP contribution is -1.99. The molecule has 0 aliphatic rings. The van der Waals surface area contributed by atoms with Crippen molar-refractivity contribution < 1.29 is 0 Å². The van der Waals surface area contributed by atoms with Crippen molar-refractivity contribution in [1.29, 1.82) is 0 Å². The zero-order chi connectivity index (χ0) is 12.3. The fourth-order valence-electron chi connectivity index (χ4n) is 1.70. The second-order valence-electron chi connectivity index (χ2n) is 3.98. The van der Waals surface area contributed by atoms with Crippen LogP contribution in [0.4, 0.5) is 5.82 Å². The third-order valence-electron chi connectivity index (χ3n) is 2.54. The minimum absolute atomic E-state index is 0.560. The number of aromatic nitrogens is 2. The molecule has 17 heavy (non-hydrogen) atoms. The highest BCUT2D eigenvalue weighted by atomic mass is 32.1. The largest absolute Gasteiger partial charge is 0.384 e. The van der Waals surface area contributed by atoms with Gasteiger partial charge >= 0.3 is 0 Å². The molecule has 0 fully saturated rings. The molecule has 0 aliphatic heterocycles. The number of nitrogens with two attached hydrogens (primary N) is 1. The Morgan fingerprint density at radius 1 is 1.24 bits per heavy atom. The third-order valence-corrected chi connectivity index (χ3v) is 3.76. The van der Waals surface area contributed by atoms with Crippen LogP contribution in [0.2, 0.25) is 0 Å². The van der Waals surface area contributed by atoms with Gasteiger partial charge in [0.05, 0.1) is 4.88 Å². The van der Waals surface area contributed by atoms with Crippen molar-refractivity contribution in [2.45, 2.75) is 33.1 Å². The summed E-state index contributed by atoms with van der Waals surface area (Å²) in [5.74, 6) is 1.32. The average molecular weight is 247 g/mol.